The van der Waals surface area contributed by atoms with Gasteiger partial charge in [0.1, 0.15) is 5.75 Å². The lowest BCUT2D eigenvalue weighted by Gasteiger charge is -2.31. The molecule has 0 saturated carbocycles. The van der Waals surface area contributed by atoms with E-state index in [1.165, 1.54) is 0 Å². The molecule has 1 aliphatic rings. The van der Waals surface area contributed by atoms with Crippen molar-refractivity contribution in [2.45, 2.75) is 26.7 Å². The number of carboxylic acid groups (broad SMARTS) is 1. The van der Waals surface area contributed by atoms with Crippen LogP contribution in [0.3, 0.4) is 0 Å². The van der Waals surface area contributed by atoms with E-state index in [9.17, 15) is 14.4 Å². The number of nitrogens with zero attached hydrogens (tertiary/aromatic N) is 1. The standard InChI is InChI=1S/C16H20N2O5/c1-10(2)8-18-12-7-11(17-14(19)5-6-16(21)22)3-4-13(12)23-9-15(18)20/h3-4,7,10H,5-6,8-9H2,1-2H3,(H,17,19)(H,21,22). The second kappa shape index (κ2) is 7.13. The van der Waals surface area contributed by atoms with Crippen molar-refractivity contribution in [2.75, 3.05) is 23.4 Å². The smallest absolute Gasteiger partial charge is 0.303 e. The Morgan fingerprint density at radius 2 is 2.09 bits per heavy atom. The molecule has 0 bridgehead atoms. The largest absolute Gasteiger partial charge is 0.482 e. The molecule has 1 aromatic carbocycles. The van der Waals surface area contributed by atoms with E-state index in [0.717, 1.165) is 0 Å². The van der Waals surface area contributed by atoms with E-state index in [-0.39, 0.29) is 31.3 Å². The van der Waals surface area contributed by atoms with Crippen molar-refractivity contribution in [2.24, 2.45) is 5.92 Å². The highest BCUT2D eigenvalue weighted by molar-refractivity contribution is 5.99. The Morgan fingerprint density at radius 3 is 2.74 bits per heavy atom. The molecule has 124 valence electrons. The van der Waals surface area contributed by atoms with Crippen LogP contribution < -0.4 is 15.0 Å². The molecule has 0 fully saturated rings. The zero-order valence-electron chi connectivity index (χ0n) is 13.2. The number of hydrogen-bond acceptors (Lipinski definition) is 4. The fourth-order valence-corrected chi connectivity index (χ4v) is 2.29. The van der Waals surface area contributed by atoms with Crippen LogP contribution in [0.15, 0.2) is 18.2 Å². The number of carbonyl (C=O) groups is 3. The van der Waals surface area contributed by atoms with Crippen molar-refractivity contribution < 1.29 is 24.2 Å². The molecule has 2 amide bonds. The Hall–Kier alpha value is -2.57. The number of amides is 2. The van der Waals surface area contributed by atoms with Crippen molar-refractivity contribution >= 4 is 29.2 Å². The first kappa shape index (κ1) is 16.8. The van der Waals surface area contributed by atoms with Gasteiger partial charge in [-0.05, 0) is 24.1 Å². The Morgan fingerprint density at radius 1 is 1.35 bits per heavy atom. The van der Waals surface area contributed by atoms with Gasteiger partial charge in [-0.2, -0.15) is 0 Å². The Bertz CT molecular complexity index is 627. The molecule has 7 nitrogen and oxygen atoms in total. The topological polar surface area (TPSA) is 95.9 Å². The number of ether oxygens (including phenoxy) is 1. The number of carbonyl (C=O) groups excluding carboxylic acids is 2. The molecular weight excluding hydrogens is 300 g/mol. The lowest BCUT2D eigenvalue weighted by molar-refractivity contribution is -0.138. The van der Waals surface area contributed by atoms with Gasteiger partial charge in [0.15, 0.2) is 6.61 Å². The maximum atomic E-state index is 12.1. The monoisotopic (exact) mass is 320 g/mol. The summed E-state index contributed by atoms with van der Waals surface area (Å²) in [6, 6.07) is 5.04. The summed E-state index contributed by atoms with van der Waals surface area (Å²) in [6.45, 7) is 4.59. The lowest BCUT2D eigenvalue weighted by Crippen LogP contribution is -2.41. The van der Waals surface area contributed by atoms with Gasteiger partial charge in [-0.3, -0.25) is 14.4 Å². The summed E-state index contributed by atoms with van der Waals surface area (Å²) >= 11 is 0. The fraction of sp³-hybridized carbons (Fsp3) is 0.438. The van der Waals surface area contributed by atoms with E-state index in [2.05, 4.69) is 5.32 Å². The molecule has 0 aliphatic carbocycles. The van der Waals surface area contributed by atoms with Gasteiger partial charge in [-0.1, -0.05) is 13.8 Å². The van der Waals surface area contributed by atoms with Gasteiger partial charge in [0.25, 0.3) is 5.91 Å². The van der Waals surface area contributed by atoms with E-state index < -0.39 is 5.97 Å². The van der Waals surface area contributed by atoms with Gasteiger partial charge in [0, 0.05) is 18.7 Å². The quantitative estimate of drug-likeness (QED) is 0.834. The van der Waals surface area contributed by atoms with E-state index in [1.54, 1.807) is 23.1 Å². The summed E-state index contributed by atoms with van der Waals surface area (Å²) in [7, 11) is 0. The van der Waals surface area contributed by atoms with Crippen molar-refractivity contribution in [3.8, 4) is 5.75 Å². The molecular formula is C16H20N2O5. The van der Waals surface area contributed by atoms with Crippen LogP contribution in [0.2, 0.25) is 0 Å². The zero-order chi connectivity index (χ0) is 17.0. The van der Waals surface area contributed by atoms with E-state index in [4.69, 9.17) is 9.84 Å². The van der Waals surface area contributed by atoms with Crippen LogP contribution in [0, 0.1) is 5.92 Å². The van der Waals surface area contributed by atoms with Crippen molar-refractivity contribution in [1.82, 2.24) is 0 Å². The molecule has 7 heteroatoms. The zero-order valence-corrected chi connectivity index (χ0v) is 13.2. The van der Waals surface area contributed by atoms with Gasteiger partial charge in [-0.25, -0.2) is 0 Å². The van der Waals surface area contributed by atoms with E-state index in [0.29, 0.717) is 29.6 Å². The number of carboxylic acids is 1. The number of aliphatic carboxylic acids is 1. The highest BCUT2D eigenvalue weighted by atomic mass is 16.5. The highest BCUT2D eigenvalue weighted by Gasteiger charge is 2.26. The predicted octanol–water partition coefficient (Wildman–Crippen LogP) is 1.87. The molecule has 0 atom stereocenters. The molecule has 2 N–H and O–H groups in total. The fourth-order valence-electron chi connectivity index (χ4n) is 2.29. The molecule has 1 aromatic rings. The molecule has 0 unspecified atom stereocenters. The van der Waals surface area contributed by atoms with E-state index in [1.807, 2.05) is 13.8 Å². The highest BCUT2D eigenvalue weighted by Crippen LogP contribution is 2.35. The molecule has 23 heavy (non-hydrogen) atoms. The SMILES string of the molecule is CC(C)CN1C(=O)COc2ccc(NC(=O)CCC(=O)O)cc21. The van der Waals surface area contributed by atoms with Gasteiger partial charge < -0.3 is 20.1 Å². The maximum absolute atomic E-state index is 12.1. The van der Waals surface area contributed by atoms with Crippen LogP contribution in [-0.4, -0.2) is 36.0 Å². The molecule has 1 aliphatic heterocycles. The number of nitrogens with one attached hydrogen (secondary N) is 1. The second-order valence-corrected chi connectivity index (χ2v) is 5.81. The summed E-state index contributed by atoms with van der Waals surface area (Å²) in [5.41, 5.74) is 1.12. The minimum atomic E-state index is -1.02. The number of hydrogen-bond donors (Lipinski definition) is 2. The second-order valence-electron chi connectivity index (χ2n) is 5.81. The predicted molar refractivity (Wildman–Crippen MR) is 84.6 cm³/mol. The average Bonchev–Trinajstić information content (AvgIpc) is 2.48. The van der Waals surface area contributed by atoms with Crippen molar-refractivity contribution in [3.05, 3.63) is 18.2 Å². The molecule has 0 radical (unpaired) electrons. The maximum Gasteiger partial charge on any atom is 0.303 e. The number of fused-ring (bicyclic) bond motifs is 1. The third-order valence-corrected chi connectivity index (χ3v) is 3.30. The van der Waals surface area contributed by atoms with Crippen LogP contribution in [0.25, 0.3) is 0 Å². The first-order chi connectivity index (χ1) is 10.9. The Labute approximate surface area is 134 Å². The Kier molecular flexibility index (Phi) is 5.20. The molecule has 0 aromatic heterocycles. The van der Waals surface area contributed by atoms with Crippen LogP contribution >= 0.6 is 0 Å². The summed E-state index contributed by atoms with van der Waals surface area (Å²) in [4.78, 5) is 35.9. The summed E-state index contributed by atoms with van der Waals surface area (Å²) in [6.07, 6.45) is -0.324. The van der Waals surface area contributed by atoms with E-state index >= 15 is 0 Å². The van der Waals surface area contributed by atoms with Gasteiger partial charge in [0.2, 0.25) is 5.91 Å². The van der Waals surface area contributed by atoms with Gasteiger partial charge in [-0.15, -0.1) is 0 Å². The lowest BCUT2D eigenvalue weighted by atomic mass is 10.1. The minimum absolute atomic E-state index is 0.00401. The average molecular weight is 320 g/mol. The third-order valence-electron chi connectivity index (χ3n) is 3.30. The molecule has 2 rings (SSSR count). The van der Waals surface area contributed by atoms with Crippen molar-refractivity contribution in [3.63, 3.8) is 0 Å². The summed E-state index contributed by atoms with van der Waals surface area (Å²) in [5, 5.41) is 11.2. The number of benzene rings is 1. The van der Waals surface area contributed by atoms with Gasteiger partial charge >= 0.3 is 5.97 Å². The number of rotatable bonds is 6. The van der Waals surface area contributed by atoms with Crippen LogP contribution in [-0.2, 0) is 14.4 Å². The van der Waals surface area contributed by atoms with Crippen LogP contribution in [0.4, 0.5) is 11.4 Å². The normalized spacial score (nSPS) is 13.5. The first-order valence-corrected chi connectivity index (χ1v) is 7.45. The Balaban J connectivity index is 2.16. The van der Waals surface area contributed by atoms with Gasteiger partial charge in [0.05, 0.1) is 12.1 Å². The summed E-state index contributed by atoms with van der Waals surface area (Å²) < 4.78 is 5.40. The van der Waals surface area contributed by atoms with Crippen LogP contribution in [0.1, 0.15) is 26.7 Å². The molecule has 1 heterocycles. The number of anilines is 2. The van der Waals surface area contributed by atoms with Crippen LogP contribution in [0.5, 0.6) is 5.75 Å². The summed E-state index contributed by atoms with van der Waals surface area (Å²) in [5.74, 6) is -0.647. The third kappa shape index (κ3) is 4.45. The molecule has 0 saturated heterocycles. The minimum Gasteiger partial charge on any atom is -0.482 e. The molecule has 0 spiro atoms. The first-order valence-electron chi connectivity index (χ1n) is 7.45. The van der Waals surface area contributed by atoms with Crippen molar-refractivity contribution in [1.29, 1.82) is 0 Å².